The molecular weight excluding hydrogens is 270 g/mol. The van der Waals surface area contributed by atoms with E-state index in [2.05, 4.69) is 10.00 Å². The number of hydrogen-bond donors (Lipinski definition) is 1. The molecule has 0 aliphatic heterocycles. The lowest BCUT2D eigenvalue weighted by atomic mass is 10.1. The van der Waals surface area contributed by atoms with Crippen LogP contribution in [0.5, 0.6) is 0 Å². The second-order valence-corrected chi connectivity index (χ2v) is 4.75. The minimum absolute atomic E-state index is 0.0789. The van der Waals surface area contributed by atoms with Crippen LogP contribution >= 0.6 is 0 Å². The van der Waals surface area contributed by atoms with Crippen LogP contribution in [-0.2, 0) is 6.54 Å². The molecule has 6 heteroatoms. The molecule has 1 heterocycles. The fourth-order valence-corrected chi connectivity index (χ4v) is 2.32. The fraction of sp³-hybridized carbons (Fsp3) is 0.400. The zero-order valence-electron chi connectivity index (χ0n) is 12.2. The average molecular weight is 289 g/mol. The summed E-state index contributed by atoms with van der Waals surface area (Å²) in [5, 5.41) is 14.1. The molecule has 0 aliphatic rings. The maximum atomic E-state index is 12.4. The average Bonchev–Trinajstić information content (AvgIpc) is 2.50. The summed E-state index contributed by atoms with van der Waals surface area (Å²) in [6, 6.07) is 6.68. The monoisotopic (exact) mass is 289 g/mol. The highest BCUT2D eigenvalue weighted by Gasteiger charge is 2.15. The number of benzene rings is 1. The Bertz CT molecular complexity index is 705. The predicted molar refractivity (Wildman–Crippen MR) is 80.8 cm³/mol. The van der Waals surface area contributed by atoms with Crippen molar-refractivity contribution in [2.45, 2.75) is 20.4 Å². The van der Waals surface area contributed by atoms with Gasteiger partial charge in [-0.25, -0.2) is 9.48 Å². The molecule has 1 N–H and O–H groups in total. The number of nitrogens with zero attached hydrogens (tertiary/aromatic N) is 3. The molecule has 0 aliphatic carbocycles. The van der Waals surface area contributed by atoms with Gasteiger partial charge < -0.3 is 10.0 Å². The molecule has 0 bridgehead atoms. The van der Waals surface area contributed by atoms with E-state index in [4.69, 9.17) is 0 Å². The summed E-state index contributed by atoms with van der Waals surface area (Å²) in [5.74, 6) is -1.12. The summed E-state index contributed by atoms with van der Waals surface area (Å²) in [6.45, 7) is 6.89. The van der Waals surface area contributed by atoms with Gasteiger partial charge in [0.2, 0.25) is 0 Å². The summed E-state index contributed by atoms with van der Waals surface area (Å²) in [4.78, 5) is 25.9. The zero-order valence-corrected chi connectivity index (χ0v) is 12.2. The summed E-state index contributed by atoms with van der Waals surface area (Å²) >= 11 is 0. The number of hydrogen-bond acceptors (Lipinski definition) is 4. The van der Waals surface area contributed by atoms with Crippen molar-refractivity contribution in [3.8, 4) is 0 Å². The molecular formula is C15H19N3O3. The smallest absolute Gasteiger partial charge is 0.357 e. The summed E-state index contributed by atoms with van der Waals surface area (Å²) < 4.78 is 1.25. The first-order valence-corrected chi connectivity index (χ1v) is 7.04. The Hall–Kier alpha value is -2.21. The third-order valence-electron chi connectivity index (χ3n) is 3.59. The minimum atomic E-state index is -1.12. The fourth-order valence-electron chi connectivity index (χ4n) is 2.32. The quantitative estimate of drug-likeness (QED) is 0.871. The number of carbonyl (C=O) groups is 1. The predicted octanol–water partition coefficient (Wildman–Crippen LogP) is 1.44. The zero-order chi connectivity index (χ0) is 15.4. The van der Waals surface area contributed by atoms with Gasteiger partial charge in [-0.1, -0.05) is 32.0 Å². The van der Waals surface area contributed by atoms with Crippen molar-refractivity contribution in [2.24, 2.45) is 0 Å². The molecule has 0 atom stereocenters. The van der Waals surface area contributed by atoms with Crippen molar-refractivity contribution in [3.05, 3.63) is 40.3 Å². The Kier molecular flexibility index (Phi) is 4.70. The third kappa shape index (κ3) is 3.11. The Morgan fingerprint density at radius 1 is 1.24 bits per heavy atom. The van der Waals surface area contributed by atoms with E-state index in [9.17, 15) is 14.7 Å². The Morgan fingerprint density at radius 3 is 2.43 bits per heavy atom. The van der Waals surface area contributed by atoms with Gasteiger partial charge in [0.15, 0.2) is 5.69 Å². The van der Waals surface area contributed by atoms with E-state index in [1.165, 1.54) is 4.68 Å². The summed E-state index contributed by atoms with van der Waals surface area (Å²) in [7, 11) is 0. The third-order valence-corrected chi connectivity index (χ3v) is 3.59. The van der Waals surface area contributed by atoms with Crippen molar-refractivity contribution in [1.82, 2.24) is 14.7 Å². The maximum Gasteiger partial charge on any atom is 0.357 e. The number of carboxylic acid groups (broad SMARTS) is 1. The molecule has 1 aromatic carbocycles. The number of aromatic nitrogens is 2. The van der Waals surface area contributed by atoms with Gasteiger partial charge in [0, 0.05) is 11.9 Å². The van der Waals surface area contributed by atoms with Gasteiger partial charge in [-0.05, 0) is 19.2 Å². The van der Waals surface area contributed by atoms with Gasteiger partial charge in [-0.2, -0.15) is 5.10 Å². The maximum absolute atomic E-state index is 12.4. The van der Waals surface area contributed by atoms with Gasteiger partial charge in [0.05, 0.1) is 11.9 Å². The lowest BCUT2D eigenvalue weighted by molar-refractivity contribution is 0.0689. The van der Waals surface area contributed by atoms with E-state index >= 15 is 0 Å². The molecule has 0 amide bonds. The van der Waals surface area contributed by atoms with Crippen LogP contribution in [0.2, 0.25) is 0 Å². The first kappa shape index (κ1) is 15.2. The Balaban J connectivity index is 2.47. The summed E-state index contributed by atoms with van der Waals surface area (Å²) in [5.41, 5.74) is -0.326. The Labute approximate surface area is 122 Å². The molecule has 21 heavy (non-hydrogen) atoms. The topological polar surface area (TPSA) is 75.4 Å². The lowest BCUT2D eigenvalue weighted by Crippen LogP contribution is -2.33. The van der Waals surface area contributed by atoms with Crippen molar-refractivity contribution in [3.63, 3.8) is 0 Å². The Morgan fingerprint density at radius 2 is 1.86 bits per heavy atom. The van der Waals surface area contributed by atoms with Crippen LogP contribution in [0, 0.1) is 0 Å². The van der Waals surface area contributed by atoms with E-state index in [0.717, 1.165) is 13.1 Å². The van der Waals surface area contributed by atoms with Crippen molar-refractivity contribution >= 4 is 16.7 Å². The molecule has 6 nitrogen and oxygen atoms in total. The van der Waals surface area contributed by atoms with Crippen molar-refractivity contribution in [2.75, 3.05) is 19.6 Å². The highest BCUT2D eigenvalue weighted by atomic mass is 16.4. The molecule has 2 aromatic rings. The largest absolute Gasteiger partial charge is 0.476 e. The second kappa shape index (κ2) is 6.49. The van der Waals surface area contributed by atoms with Gasteiger partial charge in [0.25, 0.3) is 5.56 Å². The molecule has 0 spiro atoms. The SMILES string of the molecule is CCN(CC)CCn1nc(C(=O)O)c2ccccc2c1=O. The molecule has 0 radical (unpaired) electrons. The molecule has 0 saturated carbocycles. The number of likely N-dealkylation sites (N-methyl/N-ethyl adjacent to an activating group) is 1. The molecule has 2 rings (SSSR count). The van der Waals surface area contributed by atoms with Crippen LogP contribution in [0.25, 0.3) is 10.8 Å². The standard InChI is InChI=1S/C15H19N3O3/c1-3-17(4-2)9-10-18-14(19)12-8-6-5-7-11(12)13(16-18)15(20)21/h5-8H,3-4,9-10H2,1-2H3,(H,20,21). The van der Waals surface area contributed by atoms with Gasteiger partial charge in [-0.3, -0.25) is 4.79 Å². The van der Waals surface area contributed by atoms with Crippen LogP contribution in [0.1, 0.15) is 24.3 Å². The normalized spacial score (nSPS) is 11.2. The van der Waals surface area contributed by atoms with Gasteiger partial charge >= 0.3 is 5.97 Å². The second-order valence-electron chi connectivity index (χ2n) is 4.75. The molecule has 0 saturated heterocycles. The van der Waals surface area contributed by atoms with E-state index in [-0.39, 0.29) is 11.3 Å². The van der Waals surface area contributed by atoms with Gasteiger partial charge in [0.1, 0.15) is 0 Å². The lowest BCUT2D eigenvalue weighted by Gasteiger charge is -2.18. The summed E-state index contributed by atoms with van der Waals surface area (Å²) in [6.07, 6.45) is 0. The first-order chi connectivity index (χ1) is 10.1. The molecule has 112 valence electrons. The number of aromatic carboxylic acids is 1. The van der Waals surface area contributed by atoms with Crippen molar-refractivity contribution < 1.29 is 9.90 Å². The molecule has 1 aromatic heterocycles. The van der Waals surface area contributed by atoms with Crippen LogP contribution in [-0.4, -0.2) is 45.4 Å². The van der Waals surface area contributed by atoms with E-state index < -0.39 is 5.97 Å². The van der Waals surface area contributed by atoms with Crippen LogP contribution in [0.15, 0.2) is 29.1 Å². The van der Waals surface area contributed by atoms with Crippen molar-refractivity contribution in [1.29, 1.82) is 0 Å². The number of rotatable bonds is 6. The minimum Gasteiger partial charge on any atom is -0.476 e. The first-order valence-electron chi connectivity index (χ1n) is 7.04. The number of carboxylic acids is 1. The molecule has 0 fully saturated rings. The van der Waals surface area contributed by atoms with E-state index in [1.807, 2.05) is 13.8 Å². The van der Waals surface area contributed by atoms with E-state index in [0.29, 0.717) is 23.9 Å². The van der Waals surface area contributed by atoms with Crippen LogP contribution < -0.4 is 5.56 Å². The number of fused-ring (bicyclic) bond motifs is 1. The van der Waals surface area contributed by atoms with Crippen LogP contribution in [0.4, 0.5) is 0 Å². The van der Waals surface area contributed by atoms with Gasteiger partial charge in [-0.15, -0.1) is 0 Å². The van der Waals surface area contributed by atoms with Crippen LogP contribution in [0.3, 0.4) is 0 Å². The highest BCUT2D eigenvalue weighted by molar-refractivity contribution is 6.01. The molecule has 0 unspecified atom stereocenters. The van der Waals surface area contributed by atoms with E-state index in [1.54, 1.807) is 24.3 Å². The highest BCUT2D eigenvalue weighted by Crippen LogP contribution is 2.13.